The zero-order valence-electron chi connectivity index (χ0n) is 10.1. The Morgan fingerprint density at radius 1 is 1.38 bits per heavy atom. The van der Waals surface area contributed by atoms with Crippen LogP contribution in [0.3, 0.4) is 0 Å². The van der Waals surface area contributed by atoms with Crippen molar-refractivity contribution in [3.8, 4) is 0 Å². The third kappa shape index (κ3) is 2.72. The molecule has 0 spiro atoms. The zero-order valence-corrected chi connectivity index (χ0v) is 10.9. The van der Waals surface area contributed by atoms with Crippen LogP contribution in [0.2, 0.25) is 0 Å². The van der Waals surface area contributed by atoms with Crippen LogP contribution in [0.25, 0.3) is 0 Å². The number of hydrogen-bond acceptors (Lipinski definition) is 3. The van der Waals surface area contributed by atoms with E-state index in [9.17, 15) is 4.79 Å². The highest BCUT2D eigenvalue weighted by atomic mass is 32.2. The van der Waals surface area contributed by atoms with Gasteiger partial charge in [-0.25, -0.2) is 0 Å². The molecule has 16 heavy (non-hydrogen) atoms. The molecule has 0 saturated carbocycles. The molecular weight excluding hydrogens is 220 g/mol. The third-order valence-corrected chi connectivity index (χ3v) is 4.94. The second kappa shape index (κ2) is 5.92. The Morgan fingerprint density at radius 2 is 2.12 bits per heavy atom. The number of nitrogens with one attached hydrogen (secondary N) is 1. The fourth-order valence-corrected chi connectivity index (χ4v) is 3.90. The first-order valence-corrected chi connectivity index (χ1v) is 7.50. The van der Waals surface area contributed by atoms with Gasteiger partial charge in [0.05, 0.1) is 5.25 Å². The van der Waals surface area contributed by atoms with Crippen LogP contribution < -0.4 is 5.32 Å². The van der Waals surface area contributed by atoms with Crippen LogP contribution in [-0.2, 0) is 4.79 Å². The molecular formula is C12H22N2OS. The van der Waals surface area contributed by atoms with E-state index >= 15 is 0 Å². The summed E-state index contributed by atoms with van der Waals surface area (Å²) in [7, 11) is 0. The van der Waals surface area contributed by atoms with Crippen LogP contribution >= 0.6 is 11.8 Å². The van der Waals surface area contributed by atoms with E-state index in [1.807, 2.05) is 11.8 Å². The van der Waals surface area contributed by atoms with E-state index in [1.165, 1.54) is 12.2 Å². The van der Waals surface area contributed by atoms with E-state index in [-0.39, 0.29) is 5.25 Å². The lowest BCUT2D eigenvalue weighted by atomic mass is 10.0. The van der Waals surface area contributed by atoms with Gasteiger partial charge in [0.25, 0.3) is 0 Å². The smallest absolute Gasteiger partial charge is 0.235 e. The summed E-state index contributed by atoms with van der Waals surface area (Å²) in [6.07, 6.45) is 4.55. The molecule has 3 nitrogen and oxygen atoms in total. The maximum absolute atomic E-state index is 12.4. The number of carbonyl (C=O) groups excluding carboxylic acids is 1. The Labute approximate surface area is 102 Å². The summed E-state index contributed by atoms with van der Waals surface area (Å²) in [4.78, 5) is 14.5. The van der Waals surface area contributed by atoms with Gasteiger partial charge in [0.1, 0.15) is 0 Å². The van der Waals surface area contributed by atoms with Gasteiger partial charge in [0.2, 0.25) is 5.91 Å². The molecule has 1 amide bonds. The number of amides is 1. The molecule has 0 aromatic heterocycles. The fourth-order valence-electron chi connectivity index (χ4n) is 2.67. The van der Waals surface area contributed by atoms with Crippen molar-refractivity contribution in [3.63, 3.8) is 0 Å². The van der Waals surface area contributed by atoms with Crippen LogP contribution in [0.1, 0.15) is 32.6 Å². The lowest BCUT2D eigenvalue weighted by Crippen LogP contribution is -2.48. The molecule has 2 aliphatic rings. The first-order chi connectivity index (χ1) is 7.83. The van der Waals surface area contributed by atoms with Crippen LogP contribution in [0.4, 0.5) is 0 Å². The maximum atomic E-state index is 12.4. The Balaban J connectivity index is 1.94. The van der Waals surface area contributed by atoms with E-state index in [1.54, 1.807) is 0 Å². The molecule has 2 fully saturated rings. The number of piperidine rings is 1. The molecule has 0 aromatic carbocycles. The molecule has 1 N–H and O–H groups in total. The fraction of sp³-hybridized carbons (Fsp3) is 0.917. The molecule has 0 bridgehead atoms. The SMILES string of the molecule is CCN(C(=O)C1CCCS1)C1CCNCC1. The summed E-state index contributed by atoms with van der Waals surface area (Å²) in [5, 5.41) is 3.62. The van der Waals surface area contributed by atoms with Gasteiger partial charge in [-0.15, -0.1) is 11.8 Å². The zero-order chi connectivity index (χ0) is 11.4. The van der Waals surface area contributed by atoms with E-state index in [0.717, 1.165) is 38.9 Å². The van der Waals surface area contributed by atoms with Crippen molar-refractivity contribution in [2.75, 3.05) is 25.4 Å². The van der Waals surface area contributed by atoms with Gasteiger partial charge in [-0.2, -0.15) is 0 Å². The first-order valence-electron chi connectivity index (χ1n) is 6.45. The van der Waals surface area contributed by atoms with Gasteiger partial charge in [-0.05, 0) is 51.4 Å². The second-order valence-corrected chi connectivity index (χ2v) is 5.92. The summed E-state index contributed by atoms with van der Waals surface area (Å²) >= 11 is 1.85. The highest BCUT2D eigenvalue weighted by molar-refractivity contribution is 8.00. The summed E-state index contributed by atoms with van der Waals surface area (Å²) in [5.74, 6) is 1.57. The minimum atomic E-state index is 0.259. The molecule has 2 saturated heterocycles. The van der Waals surface area contributed by atoms with E-state index in [0.29, 0.717) is 11.9 Å². The van der Waals surface area contributed by atoms with E-state index in [4.69, 9.17) is 0 Å². The Morgan fingerprint density at radius 3 is 2.69 bits per heavy atom. The van der Waals surface area contributed by atoms with Crippen molar-refractivity contribution in [3.05, 3.63) is 0 Å². The highest BCUT2D eigenvalue weighted by Gasteiger charge is 2.31. The Hall–Kier alpha value is -0.220. The summed E-state index contributed by atoms with van der Waals surface area (Å²) in [6, 6.07) is 0.486. The van der Waals surface area contributed by atoms with Crippen molar-refractivity contribution in [1.29, 1.82) is 0 Å². The van der Waals surface area contributed by atoms with Crippen LogP contribution in [0.5, 0.6) is 0 Å². The molecule has 1 atom stereocenters. The number of hydrogen-bond donors (Lipinski definition) is 1. The number of nitrogens with zero attached hydrogens (tertiary/aromatic N) is 1. The maximum Gasteiger partial charge on any atom is 0.235 e. The van der Waals surface area contributed by atoms with Gasteiger partial charge in [0, 0.05) is 12.6 Å². The van der Waals surface area contributed by atoms with Crippen LogP contribution in [0.15, 0.2) is 0 Å². The van der Waals surface area contributed by atoms with Crippen molar-refractivity contribution >= 4 is 17.7 Å². The van der Waals surface area contributed by atoms with E-state index < -0.39 is 0 Å². The minimum absolute atomic E-state index is 0.259. The third-order valence-electron chi connectivity index (χ3n) is 3.58. The monoisotopic (exact) mass is 242 g/mol. The van der Waals surface area contributed by atoms with Gasteiger partial charge in [-0.3, -0.25) is 4.79 Å². The molecule has 0 radical (unpaired) electrons. The average Bonchev–Trinajstić information content (AvgIpc) is 2.85. The first kappa shape index (κ1) is 12.2. The van der Waals surface area contributed by atoms with Crippen LogP contribution in [0, 0.1) is 0 Å². The molecule has 2 heterocycles. The second-order valence-electron chi connectivity index (χ2n) is 4.61. The lowest BCUT2D eigenvalue weighted by Gasteiger charge is -2.35. The highest BCUT2D eigenvalue weighted by Crippen LogP contribution is 2.29. The number of rotatable bonds is 3. The summed E-state index contributed by atoms with van der Waals surface area (Å²) < 4.78 is 0. The summed E-state index contributed by atoms with van der Waals surface area (Å²) in [5.41, 5.74) is 0. The summed E-state index contributed by atoms with van der Waals surface area (Å²) in [6.45, 7) is 5.11. The largest absolute Gasteiger partial charge is 0.339 e. The van der Waals surface area contributed by atoms with Gasteiger partial charge >= 0.3 is 0 Å². The number of carbonyl (C=O) groups is 1. The van der Waals surface area contributed by atoms with Crippen molar-refractivity contribution < 1.29 is 4.79 Å². The lowest BCUT2D eigenvalue weighted by molar-refractivity contribution is -0.133. The molecule has 1 unspecified atom stereocenters. The van der Waals surface area contributed by atoms with Gasteiger partial charge < -0.3 is 10.2 Å². The standard InChI is InChI=1S/C12H22N2OS/c1-2-14(10-5-7-13-8-6-10)12(15)11-4-3-9-16-11/h10-11,13H,2-9H2,1H3. The quantitative estimate of drug-likeness (QED) is 0.813. The van der Waals surface area contributed by atoms with E-state index in [2.05, 4.69) is 17.1 Å². The van der Waals surface area contributed by atoms with Crippen LogP contribution in [-0.4, -0.2) is 47.5 Å². The molecule has 2 rings (SSSR count). The molecule has 2 aliphatic heterocycles. The van der Waals surface area contributed by atoms with Crippen molar-refractivity contribution in [1.82, 2.24) is 10.2 Å². The van der Waals surface area contributed by atoms with Gasteiger partial charge in [0.15, 0.2) is 0 Å². The predicted octanol–water partition coefficient (Wildman–Crippen LogP) is 1.48. The molecule has 0 aromatic rings. The molecule has 0 aliphatic carbocycles. The Kier molecular flexibility index (Phi) is 4.53. The van der Waals surface area contributed by atoms with Crippen molar-refractivity contribution in [2.24, 2.45) is 0 Å². The average molecular weight is 242 g/mol. The van der Waals surface area contributed by atoms with Gasteiger partial charge in [-0.1, -0.05) is 0 Å². The minimum Gasteiger partial charge on any atom is -0.339 e. The topological polar surface area (TPSA) is 32.3 Å². The number of thioether (sulfide) groups is 1. The Bertz CT molecular complexity index is 235. The molecule has 92 valence electrons. The molecule has 4 heteroatoms. The predicted molar refractivity (Wildman–Crippen MR) is 68.8 cm³/mol. The normalized spacial score (nSPS) is 26.9. The van der Waals surface area contributed by atoms with Crippen molar-refractivity contribution in [2.45, 2.75) is 43.9 Å².